The van der Waals surface area contributed by atoms with Gasteiger partial charge in [-0.3, -0.25) is 4.72 Å². The maximum absolute atomic E-state index is 12.3. The number of nitriles is 1. The van der Waals surface area contributed by atoms with E-state index in [1.54, 1.807) is 12.1 Å². The number of benzene rings is 2. The van der Waals surface area contributed by atoms with Crippen LogP contribution in [-0.4, -0.2) is 44.3 Å². The predicted octanol–water partition coefficient (Wildman–Crippen LogP) is 4.56. The van der Waals surface area contributed by atoms with Crippen LogP contribution in [0.3, 0.4) is 0 Å². The summed E-state index contributed by atoms with van der Waals surface area (Å²) in [5.74, 6) is 0.676. The number of rotatable bonds is 7. The minimum Gasteiger partial charge on any atom is -0.486 e. The number of ether oxygens (including phenoxy) is 3. The lowest BCUT2D eigenvalue weighted by Crippen LogP contribution is -2.33. The van der Waals surface area contributed by atoms with Crippen LogP contribution >= 0.6 is 0 Å². The van der Waals surface area contributed by atoms with Crippen LogP contribution < -0.4 is 9.46 Å². The van der Waals surface area contributed by atoms with Crippen LogP contribution in [0.4, 0.5) is 5.69 Å². The average molecular weight is 494 g/mol. The third-order valence-electron chi connectivity index (χ3n) is 6.98. The molecule has 1 aliphatic heterocycles. The van der Waals surface area contributed by atoms with Gasteiger partial charge in [0.1, 0.15) is 24.7 Å². The van der Waals surface area contributed by atoms with E-state index in [1.807, 2.05) is 30.3 Å². The van der Waals surface area contributed by atoms with Gasteiger partial charge in [0.05, 0.1) is 35.2 Å². The van der Waals surface area contributed by atoms with E-state index >= 15 is 0 Å². The smallest absolute Gasteiger partial charge is 0.235 e. The van der Waals surface area contributed by atoms with Gasteiger partial charge < -0.3 is 18.8 Å². The summed E-state index contributed by atoms with van der Waals surface area (Å²) in [6, 6.07) is 16.0. The third kappa shape index (κ3) is 4.27. The van der Waals surface area contributed by atoms with Crippen molar-refractivity contribution in [1.29, 1.82) is 5.26 Å². The van der Waals surface area contributed by atoms with Crippen LogP contribution in [0.2, 0.25) is 0 Å². The molecule has 2 aliphatic carbocycles. The van der Waals surface area contributed by atoms with Gasteiger partial charge in [0.15, 0.2) is 0 Å². The van der Waals surface area contributed by atoms with E-state index in [2.05, 4.69) is 15.4 Å². The van der Waals surface area contributed by atoms with Gasteiger partial charge in [0.25, 0.3) is 0 Å². The summed E-state index contributed by atoms with van der Waals surface area (Å²) in [5.41, 5.74) is 3.89. The number of nitrogens with zero attached hydrogens (tertiary/aromatic N) is 2. The Morgan fingerprint density at radius 2 is 1.77 bits per heavy atom. The van der Waals surface area contributed by atoms with E-state index in [4.69, 9.17) is 14.2 Å². The molecule has 3 aromatic rings. The summed E-state index contributed by atoms with van der Waals surface area (Å²) in [6.45, 7) is 1.22. The van der Waals surface area contributed by atoms with E-state index < -0.39 is 10.0 Å². The van der Waals surface area contributed by atoms with Crippen molar-refractivity contribution in [3.63, 3.8) is 0 Å². The quantitative estimate of drug-likeness (QED) is 0.518. The Morgan fingerprint density at radius 1 is 1.03 bits per heavy atom. The molecular weight excluding hydrogens is 466 g/mol. The Kier molecular flexibility index (Phi) is 5.67. The number of hydrogen-bond acceptors (Lipinski definition) is 6. The SMILES string of the molecule is N#Cc1c(-c2ccc(NS(=O)(=O)C3CC3)cc2)n(C2CCC2)c2ccc(OC3COCOC3)cc12. The Labute approximate surface area is 204 Å². The average Bonchev–Trinajstić information content (AvgIpc) is 3.64. The molecular formula is C26H27N3O5S. The van der Waals surface area contributed by atoms with E-state index in [0.717, 1.165) is 41.4 Å². The second-order valence-electron chi connectivity index (χ2n) is 9.49. The van der Waals surface area contributed by atoms with Gasteiger partial charge in [-0.15, -0.1) is 0 Å². The third-order valence-corrected chi connectivity index (χ3v) is 8.85. The number of aromatic nitrogens is 1. The second kappa shape index (κ2) is 8.86. The highest BCUT2D eigenvalue weighted by atomic mass is 32.2. The molecule has 0 unspecified atom stereocenters. The maximum atomic E-state index is 12.3. The fourth-order valence-electron chi connectivity index (χ4n) is 4.84. The van der Waals surface area contributed by atoms with Crippen molar-refractivity contribution in [3.05, 3.63) is 48.0 Å². The molecule has 0 bridgehead atoms. The first-order chi connectivity index (χ1) is 17.0. The molecule has 0 atom stereocenters. The molecule has 1 saturated heterocycles. The van der Waals surface area contributed by atoms with Crippen LogP contribution in [0.5, 0.6) is 5.75 Å². The van der Waals surface area contributed by atoms with Crippen LogP contribution in [0, 0.1) is 11.3 Å². The molecule has 0 amide bonds. The molecule has 1 N–H and O–H groups in total. The van der Waals surface area contributed by atoms with Crippen LogP contribution in [0.15, 0.2) is 42.5 Å². The van der Waals surface area contributed by atoms with Crippen LogP contribution in [-0.2, 0) is 19.5 Å². The highest BCUT2D eigenvalue weighted by Crippen LogP contribution is 2.43. The topological polar surface area (TPSA) is 103 Å². The highest BCUT2D eigenvalue weighted by molar-refractivity contribution is 7.93. The Bertz CT molecular complexity index is 1390. The summed E-state index contributed by atoms with van der Waals surface area (Å²) in [4.78, 5) is 0. The van der Waals surface area contributed by atoms with Crippen molar-refractivity contribution in [2.45, 2.75) is 49.5 Å². The van der Waals surface area contributed by atoms with Gasteiger partial charge in [-0.25, -0.2) is 8.42 Å². The number of hydrogen-bond donors (Lipinski definition) is 1. The summed E-state index contributed by atoms with van der Waals surface area (Å²) >= 11 is 0. The molecule has 3 fully saturated rings. The molecule has 2 aromatic carbocycles. The lowest BCUT2D eigenvalue weighted by Gasteiger charge is -2.30. The van der Waals surface area contributed by atoms with Crippen LogP contribution in [0.25, 0.3) is 22.2 Å². The lowest BCUT2D eigenvalue weighted by molar-refractivity contribution is -0.143. The monoisotopic (exact) mass is 493 g/mol. The molecule has 2 heterocycles. The largest absolute Gasteiger partial charge is 0.486 e. The standard InChI is InChI=1S/C26H27N3O5S/c27-13-24-23-12-20(34-21-14-32-16-33-15-21)8-11-25(23)29(19-2-1-3-19)26(24)17-4-6-18(7-5-17)28-35(30,31)22-9-10-22/h4-8,11-12,19,21-22,28H,1-3,9-10,14-16H2. The van der Waals surface area contributed by atoms with Crippen molar-refractivity contribution in [1.82, 2.24) is 4.57 Å². The van der Waals surface area contributed by atoms with Gasteiger partial charge in [0, 0.05) is 17.1 Å². The number of fused-ring (bicyclic) bond motifs is 1. The summed E-state index contributed by atoms with van der Waals surface area (Å²) in [6.07, 6.45) is 4.54. The first-order valence-electron chi connectivity index (χ1n) is 12.1. The number of sulfonamides is 1. The normalized spacial score (nSPS) is 19.3. The minimum absolute atomic E-state index is 0.188. The molecule has 0 radical (unpaired) electrons. The fourth-order valence-corrected chi connectivity index (χ4v) is 6.22. The minimum atomic E-state index is -3.32. The van der Waals surface area contributed by atoms with Gasteiger partial charge >= 0.3 is 0 Å². The van der Waals surface area contributed by atoms with E-state index in [9.17, 15) is 13.7 Å². The van der Waals surface area contributed by atoms with E-state index in [-0.39, 0.29) is 18.1 Å². The number of nitrogens with one attached hydrogen (secondary N) is 1. The fraction of sp³-hybridized carbons (Fsp3) is 0.423. The molecule has 8 nitrogen and oxygen atoms in total. The summed E-state index contributed by atoms with van der Waals surface area (Å²) in [5, 5.41) is 10.8. The van der Waals surface area contributed by atoms with Gasteiger partial charge in [-0.1, -0.05) is 12.1 Å². The molecule has 1 aromatic heterocycles. The first kappa shape index (κ1) is 22.4. The van der Waals surface area contributed by atoms with Crippen molar-refractivity contribution in [2.24, 2.45) is 0 Å². The molecule has 35 heavy (non-hydrogen) atoms. The Balaban J connectivity index is 1.39. The zero-order valence-electron chi connectivity index (χ0n) is 19.3. The van der Waals surface area contributed by atoms with E-state index in [0.29, 0.717) is 49.1 Å². The zero-order valence-corrected chi connectivity index (χ0v) is 20.1. The van der Waals surface area contributed by atoms with E-state index in [1.165, 1.54) is 0 Å². The summed E-state index contributed by atoms with van der Waals surface area (Å²) < 4.78 is 46.3. The number of anilines is 1. The molecule has 6 rings (SSSR count). The highest BCUT2D eigenvalue weighted by Gasteiger charge is 2.35. The molecule has 3 aliphatic rings. The summed E-state index contributed by atoms with van der Waals surface area (Å²) in [7, 11) is -3.32. The van der Waals surface area contributed by atoms with Gasteiger partial charge in [-0.2, -0.15) is 5.26 Å². The van der Waals surface area contributed by atoms with Crippen LogP contribution in [0.1, 0.15) is 43.7 Å². The second-order valence-corrected chi connectivity index (χ2v) is 11.5. The Hall–Kier alpha value is -3.06. The zero-order chi connectivity index (χ0) is 24.0. The lowest BCUT2D eigenvalue weighted by atomic mass is 9.92. The van der Waals surface area contributed by atoms with Gasteiger partial charge in [0.2, 0.25) is 10.0 Å². The van der Waals surface area contributed by atoms with Crippen molar-refractivity contribution >= 4 is 26.6 Å². The predicted molar refractivity (Wildman–Crippen MR) is 132 cm³/mol. The Morgan fingerprint density at radius 3 is 2.40 bits per heavy atom. The molecule has 182 valence electrons. The molecule has 9 heteroatoms. The maximum Gasteiger partial charge on any atom is 0.235 e. The first-order valence-corrected chi connectivity index (χ1v) is 13.6. The van der Waals surface area contributed by atoms with Gasteiger partial charge in [-0.05, 0) is 68.0 Å². The van der Waals surface area contributed by atoms with Crippen molar-refractivity contribution < 1.29 is 22.6 Å². The van der Waals surface area contributed by atoms with Crippen molar-refractivity contribution in [2.75, 3.05) is 24.7 Å². The molecule has 0 spiro atoms. The van der Waals surface area contributed by atoms with Crippen molar-refractivity contribution in [3.8, 4) is 23.1 Å². The molecule has 2 saturated carbocycles.